The zero-order chi connectivity index (χ0) is 15.5. The van der Waals surface area contributed by atoms with Gasteiger partial charge in [0.05, 0.1) is 0 Å². The quantitative estimate of drug-likeness (QED) is 0.931. The predicted octanol–water partition coefficient (Wildman–Crippen LogP) is 2.20. The summed E-state index contributed by atoms with van der Waals surface area (Å²) in [5, 5.41) is 10.3. The van der Waals surface area contributed by atoms with Gasteiger partial charge in [-0.25, -0.2) is 0 Å². The maximum Gasteiger partial charge on any atom is 0.256 e. The first kappa shape index (κ1) is 15.5. The van der Waals surface area contributed by atoms with Crippen molar-refractivity contribution < 1.29 is 9.90 Å². The molecule has 0 saturated carbocycles. The van der Waals surface area contributed by atoms with Gasteiger partial charge in [-0.05, 0) is 44.7 Å². The molecule has 0 radical (unpaired) electrons. The zero-order valence-corrected chi connectivity index (χ0v) is 13.3. The Hall–Kier alpha value is -1.39. The lowest BCUT2D eigenvalue weighted by Gasteiger charge is -2.39. The molecule has 4 nitrogen and oxygen atoms in total. The van der Waals surface area contributed by atoms with Crippen LogP contribution in [0.4, 0.5) is 0 Å². The van der Waals surface area contributed by atoms with Gasteiger partial charge in [-0.15, -0.1) is 0 Å². The number of carbonyl (C=O) groups excluding carboxylic acids is 1. The van der Waals surface area contributed by atoms with Gasteiger partial charge in [0, 0.05) is 25.2 Å². The standard InChI is InChI=1S/C18H26N2O2/c1-14-6-5-11-20(14)16-9-12-19(13-10-16)18(22)17(21)15-7-3-2-4-8-15/h2-4,7-8,14,16-17,21H,5-6,9-13H2,1H3/t14-,17+/m0/s1. The first-order valence-corrected chi connectivity index (χ1v) is 8.44. The van der Waals surface area contributed by atoms with Crippen LogP contribution in [-0.4, -0.2) is 52.5 Å². The van der Waals surface area contributed by atoms with E-state index in [-0.39, 0.29) is 5.91 Å². The largest absolute Gasteiger partial charge is 0.378 e. The molecule has 0 bridgehead atoms. The Balaban J connectivity index is 1.56. The highest BCUT2D eigenvalue weighted by atomic mass is 16.3. The van der Waals surface area contributed by atoms with E-state index in [9.17, 15) is 9.90 Å². The Kier molecular flexibility index (Phi) is 4.79. The Labute approximate surface area is 132 Å². The summed E-state index contributed by atoms with van der Waals surface area (Å²) in [6.07, 6.45) is 3.62. The molecule has 1 amide bonds. The number of piperidine rings is 1. The van der Waals surface area contributed by atoms with Gasteiger partial charge in [-0.3, -0.25) is 9.69 Å². The van der Waals surface area contributed by atoms with E-state index in [4.69, 9.17) is 0 Å². The SMILES string of the molecule is C[C@H]1CCCN1C1CCN(C(=O)[C@H](O)c2ccccc2)CC1. The molecule has 0 aliphatic carbocycles. The average molecular weight is 302 g/mol. The lowest BCUT2D eigenvalue weighted by Crippen LogP contribution is -2.48. The van der Waals surface area contributed by atoms with Crippen LogP contribution in [0.15, 0.2) is 30.3 Å². The fraction of sp³-hybridized carbons (Fsp3) is 0.611. The summed E-state index contributed by atoms with van der Waals surface area (Å²) in [7, 11) is 0. The van der Waals surface area contributed by atoms with Gasteiger partial charge in [0.1, 0.15) is 0 Å². The number of amides is 1. The van der Waals surface area contributed by atoms with E-state index < -0.39 is 6.10 Å². The van der Waals surface area contributed by atoms with Crippen molar-refractivity contribution in [3.05, 3.63) is 35.9 Å². The Morgan fingerprint density at radius 3 is 2.41 bits per heavy atom. The minimum absolute atomic E-state index is 0.154. The normalized spacial score (nSPS) is 25.4. The first-order valence-electron chi connectivity index (χ1n) is 8.44. The van der Waals surface area contributed by atoms with Crippen molar-refractivity contribution in [1.82, 2.24) is 9.80 Å². The molecule has 2 aliphatic rings. The van der Waals surface area contributed by atoms with Crippen molar-refractivity contribution in [2.75, 3.05) is 19.6 Å². The van der Waals surface area contributed by atoms with E-state index in [0.29, 0.717) is 17.6 Å². The summed E-state index contributed by atoms with van der Waals surface area (Å²) in [5.41, 5.74) is 0.683. The van der Waals surface area contributed by atoms with Gasteiger partial charge in [-0.2, -0.15) is 0 Å². The topological polar surface area (TPSA) is 43.8 Å². The van der Waals surface area contributed by atoms with Crippen molar-refractivity contribution in [3.8, 4) is 0 Å². The summed E-state index contributed by atoms with van der Waals surface area (Å²) in [6.45, 7) is 5.03. The highest BCUT2D eigenvalue weighted by Crippen LogP contribution is 2.26. The Morgan fingerprint density at radius 1 is 1.14 bits per heavy atom. The second kappa shape index (κ2) is 6.80. The van der Waals surface area contributed by atoms with Crippen LogP contribution in [0.1, 0.15) is 44.3 Å². The number of hydrogen-bond acceptors (Lipinski definition) is 3. The molecule has 2 atom stereocenters. The number of hydrogen-bond donors (Lipinski definition) is 1. The zero-order valence-electron chi connectivity index (χ0n) is 13.3. The second-order valence-corrected chi connectivity index (χ2v) is 6.60. The molecule has 2 fully saturated rings. The Morgan fingerprint density at radius 2 is 1.82 bits per heavy atom. The average Bonchev–Trinajstić information content (AvgIpc) is 3.00. The highest BCUT2D eigenvalue weighted by molar-refractivity contribution is 5.82. The molecular formula is C18H26N2O2. The summed E-state index contributed by atoms with van der Waals surface area (Å²) >= 11 is 0. The van der Waals surface area contributed by atoms with Crippen LogP contribution in [0.25, 0.3) is 0 Å². The first-order chi connectivity index (χ1) is 10.7. The molecule has 2 heterocycles. The number of nitrogens with zero attached hydrogens (tertiary/aromatic N) is 2. The lowest BCUT2D eigenvalue weighted by atomic mass is 10.0. The minimum Gasteiger partial charge on any atom is -0.378 e. The summed E-state index contributed by atoms with van der Waals surface area (Å²) in [4.78, 5) is 16.9. The van der Waals surface area contributed by atoms with Crippen LogP contribution in [0.2, 0.25) is 0 Å². The van der Waals surface area contributed by atoms with E-state index in [0.717, 1.165) is 25.9 Å². The van der Waals surface area contributed by atoms with Gasteiger partial charge in [0.2, 0.25) is 0 Å². The Bertz CT molecular complexity index is 497. The molecular weight excluding hydrogens is 276 g/mol. The molecule has 22 heavy (non-hydrogen) atoms. The van der Waals surface area contributed by atoms with Gasteiger partial charge < -0.3 is 10.0 Å². The maximum absolute atomic E-state index is 12.5. The third kappa shape index (κ3) is 3.18. The molecule has 1 aromatic carbocycles. The number of aliphatic hydroxyl groups is 1. The van der Waals surface area contributed by atoms with Crippen molar-refractivity contribution >= 4 is 5.91 Å². The van der Waals surface area contributed by atoms with Crippen LogP contribution < -0.4 is 0 Å². The van der Waals surface area contributed by atoms with Gasteiger partial charge in [-0.1, -0.05) is 30.3 Å². The van der Waals surface area contributed by atoms with Gasteiger partial charge >= 0.3 is 0 Å². The van der Waals surface area contributed by atoms with E-state index in [2.05, 4.69) is 11.8 Å². The third-order valence-corrected chi connectivity index (χ3v) is 5.20. The number of rotatable bonds is 3. The van der Waals surface area contributed by atoms with E-state index >= 15 is 0 Å². The molecule has 2 saturated heterocycles. The second-order valence-electron chi connectivity index (χ2n) is 6.60. The van der Waals surface area contributed by atoms with Crippen LogP contribution in [0, 0.1) is 0 Å². The van der Waals surface area contributed by atoms with Crippen LogP contribution in [-0.2, 0) is 4.79 Å². The fourth-order valence-corrected chi connectivity index (χ4v) is 3.87. The molecule has 1 aromatic rings. The predicted molar refractivity (Wildman–Crippen MR) is 86.4 cm³/mol. The van der Waals surface area contributed by atoms with Crippen LogP contribution >= 0.6 is 0 Å². The maximum atomic E-state index is 12.5. The number of aliphatic hydroxyl groups excluding tert-OH is 1. The van der Waals surface area contributed by atoms with Crippen LogP contribution in [0.3, 0.4) is 0 Å². The van der Waals surface area contributed by atoms with Crippen LogP contribution in [0.5, 0.6) is 0 Å². The summed E-state index contributed by atoms with van der Waals surface area (Å²) < 4.78 is 0. The highest BCUT2D eigenvalue weighted by Gasteiger charge is 2.33. The van der Waals surface area contributed by atoms with Crippen molar-refractivity contribution in [2.24, 2.45) is 0 Å². The number of carbonyl (C=O) groups is 1. The van der Waals surface area contributed by atoms with E-state index in [1.54, 1.807) is 12.1 Å². The van der Waals surface area contributed by atoms with E-state index in [1.807, 2.05) is 23.1 Å². The fourth-order valence-electron chi connectivity index (χ4n) is 3.87. The minimum atomic E-state index is -1.02. The molecule has 0 aromatic heterocycles. The van der Waals surface area contributed by atoms with E-state index in [1.165, 1.54) is 19.4 Å². The van der Waals surface area contributed by atoms with Crippen molar-refractivity contribution in [3.63, 3.8) is 0 Å². The lowest BCUT2D eigenvalue weighted by molar-refractivity contribution is -0.142. The monoisotopic (exact) mass is 302 g/mol. The molecule has 0 unspecified atom stereocenters. The number of benzene rings is 1. The molecule has 2 aliphatic heterocycles. The molecule has 1 N–H and O–H groups in total. The van der Waals surface area contributed by atoms with Crippen molar-refractivity contribution in [2.45, 2.75) is 50.8 Å². The van der Waals surface area contributed by atoms with Crippen molar-refractivity contribution in [1.29, 1.82) is 0 Å². The molecule has 4 heteroatoms. The molecule has 3 rings (SSSR count). The number of likely N-dealkylation sites (tertiary alicyclic amines) is 2. The molecule has 0 spiro atoms. The van der Waals surface area contributed by atoms with Gasteiger partial charge in [0.15, 0.2) is 6.10 Å². The molecule has 120 valence electrons. The summed E-state index contributed by atoms with van der Waals surface area (Å²) in [5.74, 6) is -0.154. The smallest absolute Gasteiger partial charge is 0.256 e. The third-order valence-electron chi connectivity index (χ3n) is 5.20. The summed E-state index contributed by atoms with van der Waals surface area (Å²) in [6, 6.07) is 10.5. The van der Waals surface area contributed by atoms with Gasteiger partial charge in [0.25, 0.3) is 5.91 Å².